The quantitative estimate of drug-likeness (QED) is 0.828. The summed E-state index contributed by atoms with van der Waals surface area (Å²) >= 11 is 0. The Balaban J connectivity index is 2.01. The molecule has 2 rings (SSSR count). The Morgan fingerprint density at radius 2 is 2.00 bits per heavy atom. The van der Waals surface area contributed by atoms with Crippen LogP contribution in [0.4, 0.5) is 0 Å². The van der Waals surface area contributed by atoms with E-state index in [0.717, 1.165) is 32.1 Å². The fraction of sp³-hybridized carbons (Fsp3) is 0.929. The number of carbonyl (C=O) groups is 1. The van der Waals surface area contributed by atoms with Gasteiger partial charge in [-0.2, -0.15) is 0 Å². The predicted molar refractivity (Wildman–Crippen MR) is 71.7 cm³/mol. The lowest BCUT2D eigenvalue weighted by Crippen LogP contribution is -2.40. The van der Waals surface area contributed by atoms with Gasteiger partial charge in [-0.1, -0.05) is 13.8 Å². The van der Waals surface area contributed by atoms with E-state index in [0.29, 0.717) is 11.5 Å². The van der Waals surface area contributed by atoms with Crippen molar-refractivity contribution >= 4 is 5.97 Å². The highest BCUT2D eigenvalue weighted by atomic mass is 16.4. The van der Waals surface area contributed by atoms with E-state index in [9.17, 15) is 4.79 Å². The predicted octanol–water partition coefficient (Wildman–Crippen LogP) is 1.66. The van der Waals surface area contributed by atoms with E-state index in [1.807, 2.05) is 0 Å². The Labute approximate surface area is 110 Å². The number of rotatable bonds is 4. The summed E-state index contributed by atoms with van der Waals surface area (Å²) in [6.07, 6.45) is 3.70. The largest absolute Gasteiger partial charge is 0.481 e. The molecular weight excluding hydrogens is 228 g/mol. The molecular formula is C14H26N2O2. The summed E-state index contributed by atoms with van der Waals surface area (Å²) in [5.41, 5.74) is 0.301. The van der Waals surface area contributed by atoms with E-state index in [1.165, 1.54) is 12.8 Å². The van der Waals surface area contributed by atoms with Gasteiger partial charge in [0.2, 0.25) is 0 Å². The van der Waals surface area contributed by atoms with Crippen LogP contribution in [0.5, 0.6) is 0 Å². The summed E-state index contributed by atoms with van der Waals surface area (Å²) in [6.45, 7) is 7.88. The molecule has 1 saturated carbocycles. The van der Waals surface area contributed by atoms with E-state index in [2.05, 4.69) is 30.7 Å². The van der Waals surface area contributed by atoms with Crippen molar-refractivity contribution in [2.45, 2.75) is 51.6 Å². The minimum absolute atomic E-state index is 0.286. The maximum atomic E-state index is 10.8. The van der Waals surface area contributed by atoms with Crippen LogP contribution < -0.4 is 0 Å². The zero-order valence-electron chi connectivity index (χ0n) is 11.9. The maximum Gasteiger partial charge on any atom is 0.303 e. The van der Waals surface area contributed by atoms with Crippen molar-refractivity contribution in [1.29, 1.82) is 0 Å². The van der Waals surface area contributed by atoms with Gasteiger partial charge in [0.1, 0.15) is 0 Å². The molecule has 0 amide bonds. The van der Waals surface area contributed by atoms with Crippen LogP contribution in [0.2, 0.25) is 0 Å². The zero-order chi connectivity index (χ0) is 13.3. The number of aliphatic carboxylic acids is 1. The van der Waals surface area contributed by atoms with E-state index in [-0.39, 0.29) is 6.42 Å². The minimum atomic E-state index is -0.676. The van der Waals surface area contributed by atoms with E-state index in [4.69, 9.17) is 5.11 Å². The van der Waals surface area contributed by atoms with Gasteiger partial charge in [0.05, 0.1) is 0 Å². The summed E-state index contributed by atoms with van der Waals surface area (Å²) in [5, 5.41) is 8.86. The van der Waals surface area contributed by atoms with E-state index < -0.39 is 5.97 Å². The first kappa shape index (κ1) is 13.8. The van der Waals surface area contributed by atoms with Crippen LogP contribution in [-0.2, 0) is 4.79 Å². The smallest absolute Gasteiger partial charge is 0.303 e. The standard InChI is InChI=1S/C14H26N2O2/c1-14(2)9-15(3)12(6-7-13(17)18)8-16(10-14)11-4-5-11/h11-12H,4-10H2,1-3H3,(H,17,18). The molecule has 1 aliphatic heterocycles. The lowest BCUT2D eigenvalue weighted by molar-refractivity contribution is -0.137. The first-order valence-electron chi connectivity index (χ1n) is 7.03. The lowest BCUT2D eigenvalue weighted by Gasteiger charge is -2.30. The second-order valence-electron chi connectivity index (χ2n) is 6.83. The number of carboxylic acid groups (broad SMARTS) is 1. The third kappa shape index (κ3) is 3.69. The number of carboxylic acids is 1. The molecule has 1 unspecified atom stereocenters. The highest BCUT2D eigenvalue weighted by Crippen LogP contribution is 2.33. The molecule has 1 aliphatic carbocycles. The summed E-state index contributed by atoms with van der Waals surface area (Å²) in [7, 11) is 2.14. The highest BCUT2D eigenvalue weighted by molar-refractivity contribution is 5.66. The zero-order valence-corrected chi connectivity index (χ0v) is 11.9. The van der Waals surface area contributed by atoms with Gasteiger partial charge in [0.25, 0.3) is 0 Å². The van der Waals surface area contributed by atoms with Crippen molar-refractivity contribution in [2.75, 3.05) is 26.7 Å². The molecule has 0 aromatic rings. The van der Waals surface area contributed by atoms with Crippen LogP contribution in [0.1, 0.15) is 39.5 Å². The van der Waals surface area contributed by atoms with Crippen molar-refractivity contribution in [3.05, 3.63) is 0 Å². The molecule has 104 valence electrons. The Kier molecular flexibility index (Phi) is 3.97. The fourth-order valence-corrected chi connectivity index (χ4v) is 3.20. The molecule has 1 heterocycles. The van der Waals surface area contributed by atoms with Gasteiger partial charge >= 0.3 is 5.97 Å². The molecule has 0 aromatic carbocycles. The number of likely N-dealkylation sites (N-methyl/N-ethyl adjacent to an activating group) is 1. The first-order valence-corrected chi connectivity index (χ1v) is 7.03. The summed E-state index contributed by atoms with van der Waals surface area (Å²) < 4.78 is 0. The molecule has 0 radical (unpaired) electrons. The van der Waals surface area contributed by atoms with Gasteiger partial charge in [-0.3, -0.25) is 9.69 Å². The molecule has 18 heavy (non-hydrogen) atoms. The first-order chi connectivity index (χ1) is 8.37. The van der Waals surface area contributed by atoms with Crippen molar-refractivity contribution in [2.24, 2.45) is 5.41 Å². The molecule has 2 aliphatic rings. The molecule has 2 fully saturated rings. The molecule has 0 bridgehead atoms. The normalized spacial score (nSPS) is 30.1. The third-order valence-electron chi connectivity index (χ3n) is 4.13. The summed E-state index contributed by atoms with van der Waals surface area (Å²) in [4.78, 5) is 15.7. The Bertz CT molecular complexity index is 313. The second-order valence-corrected chi connectivity index (χ2v) is 6.83. The van der Waals surface area contributed by atoms with Gasteiger partial charge in [0.15, 0.2) is 0 Å². The van der Waals surface area contributed by atoms with Crippen molar-refractivity contribution < 1.29 is 9.90 Å². The van der Waals surface area contributed by atoms with Crippen LogP contribution in [0.15, 0.2) is 0 Å². The Morgan fingerprint density at radius 3 is 2.56 bits per heavy atom. The van der Waals surface area contributed by atoms with Gasteiger partial charge in [-0.25, -0.2) is 0 Å². The van der Waals surface area contributed by atoms with Crippen molar-refractivity contribution in [3.8, 4) is 0 Å². The molecule has 4 heteroatoms. The molecule has 0 spiro atoms. The molecule has 1 atom stereocenters. The fourth-order valence-electron chi connectivity index (χ4n) is 3.20. The average molecular weight is 254 g/mol. The lowest BCUT2D eigenvalue weighted by atomic mass is 9.92. The van der Waals surface area contributed by atoms with E-state index in [1.54, 1.807) is 0 Å². The highest BCUT2D eigenvalue weighted by Gasteiger charge is 2.38. The third-order valence-corrected chi connectivity index (χ3v) is 4.13. The van der Waals surface area contributed by atoms with Crippen molar-refractivity contribution in [3.63, 3.8) is 0 Å². The number of hydrogen-bond donors (Lipinski definition) is 1. The second kappa shape index (κ2) is 5.17. The van der Waals surface area contributed by atoms with Crippen molar-refractivity contribution in [1.82, 2.24) is 9.80 Å². The summed E-state index contributed by atoms with van der Waals surface area (Å²) in [6, 6.07) is 1.16. The monoisotopic (exact) mass is 254 g/mol. The number of nitrogens with zero attached hydrogens (tertiary/aromatic N) is 2. The molecule has 1 N–H and O–H groups in total. The van der Waals surface area contributed by atoms with Gasteiger partial charge in [-0.05, 0) is 31.7 Å². The molecule has 4 nitrogen and oxygen atoms in total. The Hall–Kier alpha value is -0.610. The van der Waals surface area contributed by atoms with Crippen LogP contribution >= 0.6 is 0 Å². The molecule has 1 saturated heterocycles. The maximum absolute atomic E-state index is 10.8. The van der Waals surface area contributed by atoms with Gasteiger partial charge < -0.3 is 10.0 Å². The molecule has 0 aromatic heterocycles. The SMILES string of the molecule is CN1CC(C)(C)CN(C2CC2)CC1CCC(=O)O. The Morgan fingerprint density at radius 1 is 1.33 bits per heavy atom. The van der Waals surface area contributed by atoms with Crippen LogP contribution in [0, 0.1) is 5.41 Å². The van der Waals surface area contributed by atoms with Gasteiger partial charge in [-0.15, -0.1) is 0 Å². The average Bonchev–Trinajstić information content (AvgIpc) is 3.03. The summed E-state index contributed by atoms with van der Waals surface area (Å²) in [5.74, 6) is -0.676. The number of hydrogen-bond acceptors (Lipinski definition) is 3. The van der Waals surface area contributed by atoms with Gasteiger partial charge in [0, 0.05) is 38.1 Å². The minimum Gasteiger partial charge on any atom is -0.481 e. The van der Waals surface area contributed by atoms with Crippen LogP contribution in [0.3, 0.4) is 0 Å². The van der Waals surface area contributed by atoms with Crippen LogP contribution in [-0.4, -0.2) is 59.6 Å². The van der Waals surface area contributed by atoms with E-state index >= 15 is 0 Å². The topological polar surface area (TPSA) is 43.8 Å². The van der Waals surface area contributed by atoms with Crippen LogP contribution in [0.25, 0.3) is 0 Å².